The summed E-state index contributed by atoms with van der Waals surface area (Å²) >= 11 is 0.403. The highest BCUT2D eigenvalue weighted by molar-refractivity contribution is 7.13. The molecule has 1 amide bonds. The number of carbonyl (C=O) groups is 2. The normalized spacial score (nSPS) is 11.7. The number of carboxylic acids is 1. The van der Waals surface area contributed by atoms with Crippen LogP contribution in [0, 0.1) is 5.92 Å². The van der Waals surface area contributed by atoms with Gasteiger partial charge in [-0.05, 0) is 0 Å². The Balaban J connectivity index is 2.93. The molecule has 0 aliphatic rings. The number of rotatable bonds is 4. The van der Waals surface area contributed by atoms with Crippen molar-refractivity contribution in [2.45, 2.75) is 26.6 Å². The van der Waals surface area contributed by atoms with Gasteiger partial charge in [0.2, 0.25) is 5.91 Å². The van der Waals surface area contributed by atoms with E-state index in [1.165, 1.54) is 0 Å². The Morgan fingerprint density at radius 2 is 2.00 bits per heavy atom. The Morgan fingerprint density at radius 3 is 2.37 bits per heavy atom. The van der Waals surface area contributed by atoms with Crippen molar-refractivity contribution < 1.29 is 27.9 Å². The van der Waals surface area contributed by atoms with Gasteiger partial charge in [-0.2, -0.15) is 13.2 Å². The molecule has 0 atom stereocenters. The fourth-order valence-electron chi connectivity index (χ4n) is 1.14. The van der Waals surface area contributed by atoms with Gasteiger partial charge in [0, 0.05) is 5.92 Å². The van der Waals surface area contributed by atoms with Gasteiger partial charge in [0.1, 0.15) is 9.88 Å². The van der Waals surface area contributed by atoms with Crippen LogP contribution in [0.25, 0.3) is 0 Å². The second-order valence-corrected chi connectivity index (χ2v) is 5.04. The number of aromatic nitrogens is 1. The zero-order valence-electron chi connectivity index (χ0n) is 10.0. The summed E-state index contributed by atoms with van der Waals surface area (Å²) in [7, 11) is 0. The molecule has 106 valence electrons. The molecule has 1 aromatic heterocycles. The van der Waals surface area contributed by atoms with E-state index in [2.05, 4.69) is 10.3 Å². The Labute approximate surface area is 110 Å². The molecule has 0 saturated heterocycles. The number of hydrogen-bond donors (Lipinski definition) is 2. The molecule has 2 N–H and O–H groups in total. The molecule has 9 heteroatoms. The maximum Gasteiger partial charge on any atom is 0.435 e. The van der Waals surface area contributed by atoms with Gasteiger partial charge in [-0.3, -0.25) is 4.79 Å². The number of carbonyl (C=O) groups excluding carboxylic acids is 1. The predicted molar refractivity (Wildman–Crippen MR) is 60.8 cm³/mol. The first-order valence-corrected chi connectivity index (χ1v) is 6.02. The molecular formula is C10H11F3N2O3S. The summed E-state index contributed by atoms with van der Waals surface area (Å²) in [4.78, 5) is 24.3. The van der Waals surface area contributed by atoms with Crippen molar-refractivity contribution in [3.8, 4) is 0 Å². The summed E-state index contributed by atoms with van der Waals surface area (Å²) in [6.45, 7) is 3.03. The van der Waals surface area contributed by atoms with Crippen molar-refractivity contribution in [2.75, 3.05) is 0 Å². The van der Waals surface area contributed by atoms with E-state index >= 15 is 0 Å². The van der Waals surface area contributed by atoms with E-state index in [1.54, 1.807) is 13.8 Å². The monoisotopic (exact) mass is 296 g/mol. The molecule has 19 heavy (non-hydrogen) atoms. The highest BCUT2D eigenvalue weighted by Gasteiger charge is 2.39. The topological polar surface area (TPSA) is 79.3 Å². The molecule has 5 nitrogen and oxygen atoms in total. The van der Waals surface area contributed by atoms with Crippen LogP contribution in [-0.2, 0) is 17.5 Å². The number of halogens is 3. The van der Waals surface area contributed by atoms with Gasteiger partial charge in [-0.15, -0.1) is 11.3 Å². The van der Waals surface area contributed by atoms with Crippen molar-refractivity contribution in [1.82, 2.24) is 10.3 Å². The van der Waals surface area contributed by atoms with Gasteiger partial charge in [0.25, 0.3) is 0 Å². The molecule has 0 aliphatic carbocycles. The lowest BCUT2D eigenvalue weighted by Crippen LogP contribution is -2.27. The maximum absolute atomic E-state index is 12.5. The van der Waals surface area contributed by atoms with Crippen LogP contribution in [-0.4, -0.2) is 22.0 Å². The SMILES string of the molecule is CC(C)C(=O)NCc1nc(C(F)(F)F)c(C(=O)O)s1. The van der Waals surface area contributed by atoms with Crippen LogP contribution < -0.4 is 5.32 Å². The number of thiazole rings is 1. The van der Waals surface area contributed by atoms with Gasteiger partial charge >= 0.3 is 12.1 Å². The van der Waals surface area contributed by atoms with Gasteiger partial charge in [-0.1, -0.05) is 13.8 Å². The van der Waals surface area contributed by atoms with Crippen molar-refractivity contribution >= 4 is 23.2 Å². The zero-order valence-corrected chi connectivity index (χ0v) is 10.9. The Kier molecular flexibility index (Phi) is 4.51. The molecular weight excluding hydrogens is 285 g/mol. The summed E-state index contributed by atoms with van der Waals surface area (Å²) in [5, 5.41) is 11.0. The van der Waals surface area contributed by atoms with Crippen LogP contribution >= 0.6 is 11.3 Å². The standard InChI is InChI=1S/C10H11F3N2O3S/c1-4(2)8(16)14-3-5-15-7(10(11,12)13)6(19-5)9(17)18/h4H,3H2,1-2H3,(H,14,16)(H,17,18). The van der Waals surface area contributed by atoms with Crippen molar-refractivity contribution in [3.63, 3.8) is 0 Å². The van der Waals surface area contributed by atoms with Crippen molar-refractivity contribution in [2.24, 2.45) is 5.92 Å². The summed E-state index contributed by atoms with van der Waals surface area (Å²) in [5.74, 6) is -2.35. The lowest BCUT2D eigenvalue weighted by atomic mass is 10.2. The third-order valence-electron chi connectivity index (χ3n) is 2.07. The van der Waals surface area contributed by atoms with Crippen LogP contribution in [0.1, 0.15) is 34.2 Å². The molecule has 0 saturated carbocycles. The summed E-state index contributed by atoms with van der Waals surface area (Å²) in [6.07, 6.45) is -4.83. The molecule has 0 unspecified atom stereocenters. The molecule has 1 rings (SSSR count). The van der Waals surface area contributed by atoms with Gasteiger partial charge in [0.05, 0.1) is 6.54 Å². The van der Waals surface area contributed by atoms with Crippen molar-refractivity contribution in [3.05, 3.63) is 15.6 Å². The van der Waals surface area contributed by atoms with Gasteiger partial charge in [0.15, 0.2) is 5.69 Å². The average Bonchev–Trinajstić information content (AvgIpc) is 2.69. The third kappa shape index (κ3) is 3.91. The smallest absolute Gasteiger partial charge is 0.435 e. The van der Waals surface area contributed by atoms with E-state index in [9.17, 15) is 22.8 Å². The van der Waals surface area contributed by atoms with Crippen LogP contribution in [0.3, 0.4) is 0 Å². The lowest BCUT2D eigenvalue weighted by Gasteiger charge is -2.05. The van der Waals surface area contributed by atoms with Crippen molar-refractivity contribution in [1.29, 1.82) is 0 Å². The van der Waals surface area contributed by atoms with E-state index in [0.717, 1.165) is 0 Å². The van der Waals surface area contributed by atoms with E-state index in [-0.39, 0.29) is 23.4 Å². The molecule has 0 radical (unpaired) electrons. The van der Waals surface area contributed by atoms with Crippen LogP contribution in [0.4, 0.5) is 13.2 Å². The number of nitrogens with zero attached hydrogens (tertiary/aromatic N) is 1. The molecule has 0 bridgehead atoms. The molecule has 1 heterocycles. The number of carboxylic acid groups (broad SMARTS) is 1. The van der Waals surface area contributed by atoms with Crippen LogP contribution in [0.2, 0.25) is 0 Å². The molecule has 0 aromatic carbocycles. The number of alkyl halides is 3. The number of amides is 1. The van der Waals surface area contributed by atoms with Crippen LogP contribution in [0.5, 0.6) is 0 Å². The highest BCUT2D eigenvalue weighted by Crippen LogP contribution is 2.34. The van der Waals surface area contributed by atoms with E-state index in [1.807, 2.05) is 0 Å². The minimum atomic E-state index is -4.83. The van der Waals surface area contributed by atoms with Gasteiger partial charge < -0.3 is 10.4 Å². The first-order chi connectivity index (χ1) is 8.62. The predicted octanol–water partition coefficient (Wildman–Crippen LogP) is 2.13. The number of nitrogens with one attached hydrogen (secondary N) is 1. The second kappa shape index (κ2) is 5.55. The zero-order chi connectivity index (χ0) is 14.8. The highest BCUT2D eigenvalue weighted by atomic mass is 32.1. The first kappa shape index (κ1) is 15.4. The van der Waals surface area contributed by atoms with E-state index < -0.39 is 22.7 Å². The average molecular weight is 296 g/mol. The molecule has 1 aromatic rings. The minimum Gasteiger partial charge on any atom is -0.477 e. The maximum atomic E-state index is 12.5. The second-order valence-electron chi connectivity index (χ2n) is 3.96. The first-order valence-electron chi connectivity index (χ1n) is 5.20. The lowest BCUT2D eigenvalue weighted by molar-refractivity contribution is -0.141. The fourth-order valence-corrected chi connectivity index (χ4v) is 2.01. The summed E-state index contributed by atoms with van der Waals surface area (Å²) < 4.78 is 37.6. The number of aromatic carboxylic acids is 1. The summed E-state index contributed by atoms with van der Waals surface area (Å²) in [5.41, 5.74) is -1.43. The van der Waals surface area contributed by atoms with E-state index in [0.29, 0.717) is 11.3 Å². The van der Waals surface area contributed by atoms with Crippen LogP contribution in [0.15, 0.2) is 0 Å². The quantitative estimate of drug-likeness (QED) is 0.892. The Bertz CT molecular complexity index is 497. The fraction of sp³-hybridized carbons (Fsp3) is 0.500. The van der Waals surface area contributed by atoms with Gasteiger partial charge in [-0.25, -0.2) is 9.78 Å². The van der Waals surface area contributed by atoms with E-state index in [4.69, 9.17) is 5.11 Å². The Hall–Kier alpha value is -1.64. The minimum absolute atomic E-state index is 0.0984. The number of hydrogen-bond acceptors (Lipinski definition) is 4. The molecule has 0 fully saturated rings. The third-order valence-corrected chi connectivity index (χ3v) is 3.12. The largest absolute Gasteiger partial charge is 0.477 e. The molecule has 0 spiro atoms. The molecule has 0 aliphatic heterocycles. The summed E-state index contributed by atoms with van der Waals surface area (Å²) in [6, 6.07) is 0. The Morgan fingerprint density at radius 1 is 1.42 bits per heavy atom.